The average Bonchev–Trinajstić information content (AvgIpc) is 2.47. The Morgan fingerprint density at radius 2 is 2.10 bits per heavy atom. The van der Waals surface area contributed by atoms with E-state index in [1.807, 2.05) is 37.3 Å². The van der Waals surface area contributed by atoms with E-state index in [0.29, 0.717) is 13.0 Å². The first-order valence-corrected chi connectivity index (χ1v) is 7.07. The maximum absolute atomic E-state index is 11.7. The third-order valence-electron chi connectivity index (χ3n) is 3.34. The van der Waals surface area contributed by atoms with Crippen LogP contribution in [-0.2, 0) is 4.79 Å². The van der Waals surface area contributed by atoms with Gasteiger partial charge in [0.2, 0.25) is 5.91 Å². The first-order chi connectivity index (χ1) is 9.70. The number of carbonyl (C=O) groups excluding carboxylic acids is 1. The number of hydrogen-bond acceptors (Lipinski definition) is 3. The van der Waals surface area contributed by atoms with Crippen LogP contribution < -0.4 is 10.6 Å². The molecule has 0 fully saturated rings. The van der Waals surface area contributed by atoms with Gasteiger partial charge in [0, 0.05) is 36.3 Å². The van der Waals surface area contributed by atoms with Crippen LogP contribution in [0.4, 0.5) is 5.69 Å². The van der Waals surface area contributed by atoms with Crippen LogP contribution in [0.25, 0.3) is 10.9 Å². The molecular formula is C16H21N3O. The van der Waals surface area contributed by atoms with Gasteiger partial charge in [0.15, 0.2) is 0 Å². The van der Waals surface area contributed by atoms with Crippen molar-refractivity contribution < 1.29 is 4.79 Å². The molecule has 1 amide bonds. The van der Waals surface area contributed by atoms with Crippen LogP contribution in [0.2, 0.25) is 0 Å². The number of hydrogen-bond donors (Lipinski definition) is 2. The molecule has 106 valence electrons. The Morgan fingerprint density at radius 3 is 2.90 bits per heavy atom. The smallest absolute Gasteiger partial charge is 0.221 e. The topological polar surface area (TPSA) is 54.0 Å². The number of aromatic nitrogens is 1. The Morgan fingerprint density at radius 1 is 1.30 bits per heavy atom. The fraction of sp³-hybridized carbons (Fsp3) is 0.375. The second-order valence-corrected chi connectivity index (χ2v) is 4.93. The molecule has 1 unspecified atom stereocenters. The number of para-hydroxylation sites is 1. The zero-order chi connectivity index (χ0) is 14.4. The van der Waals surface area contributed by atoms with Crippen LogP contribution in [-0.4, -0.2) is 23.5 Å². The average molecular weight is 271 g/mol. The minimum absolute atomic E-state index is 0.0882. The lowest BCUT2D eigenvalue weighted by atomic mass is 10.2. The van der Waals surface area contributed by atoms with Crippen molar-refractivity contribution in [2.24, 2.45) is 0 Å². The molecule has 1 heterocycles. The third kappa shape index (κ3) is 3.70. The molecule has 2 rings (SSSR count). The number of benzene rings is 1. The lowest BCUT2D eigenvalue weighted by molar-refractivity contribution is -0.121. The van der Waals surface area contributed by atoms with E-state index in [-0.39, 0.29) is 11.9 Å². The molecule has 0 radical (unpaired) electrons. The number of fused-ring (bicyclic) bond motifs is 1. The number of rotatable bonds is 6. The zero-order valence-corrected chi connectivity index (χ0v) is 12.0. The van der Waals surface area contributed by atoms with Crippen molar-refractivity contribution in [3.8, 4) is 0 Å². The van der Waals surface area contributed by atoms with Gasteiger partial charge in [0.1, 0.15) is 0 Å². The highest BCUT2D eigenvalue weighted by Crippen LogP contribution is 2.20. The van der Waals surface area contributed by atoms with E-state index >= 15 is 0 Å². The molecule has 1 aromatic carbocycles. The van der Waals surface area contributed by atoms with Gasteiger partial charge >= 0.3 is 0 Å². The molecule has 0 aliphatic rings. The molecule has 1 aromatic heterocycles. The highest BCUT2D eigenvalue weighted by Gasteiger charge is 2.05. The standard InChI is InChI=1S/C16H21N3O/c1-3-12(2)19-16(20)9-11-18-15-8-10-17-14-7-5-4-6-13(14)15/h4-8,10,12H,3,9,11H2,1-2H3,(H,17,18)(H,19,20). The van der Waals surface area contributed by atoms with E-state index < -0.39 is 0 Å². The molecule has 2 N–H and O–H groups in total. The molecule has 0 spiro atoms. The van der Waals surface area contributed by atoms with Gasteiger partial charge < -0.3 is 10.6 Å². The van der Waals surface area contributed by atoms with Gasteiger partial charge in [-0.05, 0) is 25.5 Å². The lowest BCUT2D eigenvalue weighted by Crippen LogP contribution is -2.32. The van der Waals surface area contributed by atoms with Gasteiger partial charge in [-0.3, -0.25) is 9.78 Å². The summed E-state index contributed by atoms with van der Waals surface area (Å²) in [6.07, 6.45) is 3.21. The SMILES string of the molecule is CCC(C)NC(=O)CCNc1ccnc2ccccc12. The van der Waals surface area contributed by atoms with Crippen molar-refractivity contribution in [1.82, 2.24) is 10.3 Å². The summed E-state index contributed by atoms with van der Waals surface area (Å²) in [5.74, 6) is 0.0882. The number of amides is 1. The van der Waals surface area contributed by atoms with Crippen LogP contribution >= 0.6 is 0 Å². The highest BCUT2D eigenvalue weighted by molar-refractivity contribution is 5.91. The van der Waals surface area contributed by atoms with Gasteiger partial charge in [0.05, 0.1) is 5.52 Å². The summed E-state index contributed by atoms with van der Waals surface area (Å²) in [5.41, 5.74) is 1.98. The van der Waals surface area contributed by atoms with E-state index in [1.165, 1.54) is 0 Å². The summed E-state index contributed by atoms with van der Waals surface area (Å²) < 4.78 is 0. The Kier molecular flexibility index (Phi) is 4.93. The Bertz CT molecular complexity index is 577. The molecule has 2 aromatic rings. The van der Waals surface area contributed by atoms with Crippen molar-refractivity contribution in [3.63, 3.8) is 0 Å². The summed E-state index contributed by atoms with van der Waals surface area (Å²) in [6.45, 7) is 4.70. The van der Waals surface area contributed by atoms with Crippen molar-refractivity contribution in [1.29, 1.82) is 0 Å². The van der Waals surface area contributed by atoms with Gasteiger partial charge in [-0.1, -0.05) is 25.1 Å². The van der Waals surface area contributed by atoms with Crippen molar-refractivity contribution in [2.45, 2.75) is 32.7 Å². The number of anilines is 1. The minimum atomic E-state index is 0.0882. The third-order valence-corrected chi connectivity index (χ3v) is 3.34. The van der Waals surface area contributed by atoms with Gasteiger partial charge in [0.25, 0.3) is 0 Å². The second kappa shape index (κ2) is 6.89. The summed E-state index contributed by atoms with van der Waals surface area (Å²) >= 11 is 0. The molecule has 0 aliphatic heterocycles. The Balaban J connectivity index is 1.92. The van der Waals surface area contributed by atoms with Gasteiger partial charge in [-0.2, -0.15) is 0 Å². The van der Waals surface area contributed by atoms with Crippen molar-refractivity contribution >= 4 is 22.5 Å². The second-order valence-electron chi connectivity index (χ2n) is 4.93. The first kappa shape index (κ1) is 14.3. The number of nitrogens with one attached hydrogen (secondary N) is 2. The van der Waals surface area contributed by atoms with Gasteiger partial charge in [-0.15, -0.1) is 0 Å². The van der Waals surface area contributed by atoms with Crippen molar-refractivity contribution in [3.05, 3.63) is 36.5 Å². The normalized spacial score (nSPS) is 12.1. The number of carbonyl (C=O) groups is 1. The van der Waals surface area contributed by atoms with E-state index in [2.05, 4.69) is 22.5 Å². The predicted molar refractivity (Wildman–Crippen MR) is 82.7 cm³/mol. The van der Waals surface area contributed by atoms with Crippen LogP contribution in [0, 0.1) is 0 Å². The Labute approximate surface area is 119 Å². The summed E-state index contributed by atoms with van der Waals surface area (Å²) in [5, 5.41) is 7.35. The summed E-state index contributed by atoms with van der Waals surface area (Å²) in [4.78, 5) is 16.0. The Hall–Kier alpha value is -2.10. The molecule has 0 bridgehead atoms. The molecule has 1 atom stereocenters. The zero-order valence-electron chi connectivity index (χ0n) is 12.0. The fourth-order valence-electron chi connectivity index (χ4n) is 2.01. The van der Waals surface area contributed by atoms with E-state index in [9.17, 15) is 4.79 Å². The van der Waals surface area contributed by atoms with E-state index in [4.69, 9.17) is 0 Å². The fourth-order valence-corrected chi connectivity index (χ4v) is 2.01. The van der Waals surface area contributed by atoms with Gasteiger partial charge in [-0.25, -0.2) is 0 Å². The lowest BCUT2D eigenvalue weighted by Gasteiger charge is -2.12. The maximum atomic E-state index is 11.7. The molecular weight excluding hydrogens is 250 g/mol. The monoisotopic (exact) mass is 271 g/mol. The predicted octanol–water partition coefficient (Wildman–Crippen LogP) is 2.95. The van der Waals surface area contributed by atoms with E-state index in [0.717, 1.165) is 23.0 Å². The van der Waals surface area contributed by atoms with Crippen LogP contribution in [0.1, 0.15) is 26.7 Å². The van der Waals surface area contributed by atoms with Crippen molar-refractivity contribution in [2.75, 3.05) is 11.9 Å². The summed E-state index contributed by atoms with van der Waals surface area (Å²) in [7, 11) is 0. The largest absolute Gasteiger partial charge is 0.384 e. The molecule has 4 nitrogen and oxygen atoms in total. The molecule has 0 saturated heterocycles. The first-order valence-electron chi connectivity index (χ1n) is 7.07. The molecule has 0 aliphatic carbocycles. The van der Waals surface area contributed by atoms with Crippen LogP contribution in [0.5, 0.6) is 0 Å². The maximum Gasteiger partial charge on any atom is 0.221 e. The van der Waals surface area contributed by atoms with E-state index in [1.54, 1.807) is 6.20 Å². The molecule has 20 heavy (non-hydrogen) atoms. The summed E-state index contributed by atoms with van der Waals surface area (Å²) in [6, 6.07) is 10.2. The minimum Gasteiger partial charge on any atom is -0.384 e. The number of pyridine rings is 1. The highest BCUT2D eigenvalue weighted by atomic mass is 16.1. The molecule has 0 saturated carbocycles. The van der Waals surface area contributed by atoms with Crippen LogP contribution in [0.15, 0.2) is 36.5 Å². The van der Waals surface area contributed by atoms with Crippen LogP contribution in [0.3, 0.4) is 0 Å². The quantitative estimate of drug-likeness (QED) is 0.849. The number of nitrogens with zero attached hydrogens (tertiary/aromatic N) is 1. The molecule has 4 heteroatoms.